The van der Waals surface area contributed by atoms with Gasteiger partial charge in [0.15, 0.2) is 0 Å². The van der Waals surface area contributed by atoms with Crippen LogP contribution in [0.15, 0.2) is 0 Å². The third-order valence-corrected chi connectivity index (χ3v) is 8.83. The number of rotatable bonds is 36. The minimum Gasteiger partial charge on any atom is -0.317 e. The first-order valence-corrected chi connectivity index (χ1v) is 20.2. The highest BCUT2D eigenvalue weighted by atomic mass is 14.8. The van der Waals surface area contributed by atoms with Gasteiger partial charge in [-0.15, -0.1) is 0 Å². The lowest BCUT2D eigenvalue weighted by atomic mass is 10.1. The Kier molecular flexibility index (Phi) is 47.6. The summed E-state index contributed by atoms with van der Waals surface area (Å²) in [5.41, 5.74) is 0. The number of unbranched alkanes of at least 4 members (excludes halogenated alkanes) is 28. The molecule has 2 heteroatoms. The molecule has 256 valence electrons. The molecule has 0 amide bonds. The zero-order valence-electron chi connectivity index (χ0n) is 30.5. The van der Waals surface area contributed by atoms with Gasteiger partial charge in [-0.05, 0) is 51.9 Å². The molecule has 0 radical (unpaired) electrons. The van der Waals surface area contributed by atoms with Crippen LogP contribution in [0.25, 0.3) is 0 Å². The van der Waals surface area contributed by atoms with Crippen LogP contribution < -0.4 is 10.6 Å². The molecular weight excluding hydrogens is 508 g/mol. The minimum atomic E-state index is 1.24. The predicted molar refractivity (Wildman–Crippen MR) is 196 cm³/mol. The van der Waals surface area contributed by atoms with Crippen molar-refractivity contribution in [2.45, 2.75) is 233 Å². The molecule has 0 saturated carbocycles. The van der Waals surface area contributed by atoms with Crippen LogP contribution in [0.3, 0.4) is 0 Å². The molecule has 0 aliphatic carbocycles. The molecule has 0 unspecified atom stereocenters. The second-order valence-corrected chi connectivity index (χ2v) is 13.4. The summed E-state index contributed by atoms with van der Waals surface area (Å²) < 4.78 is 0. The van der Waals surface area contributed by atoms with Crippen molar-refractivity contribution < 1.29 is 0 Å². The van der Waals surface area contributed by atoms with Crippen molar-refractivity contribution in [3.8, 4) is 0 Å². The second kappa shape index (κ2) is 45.4. The van der Waals surface area contributed by atoms with Crippen molar-refractivity contribution in [1.82, 2.24) is 10.6 Å². The SMILES string of the molecule is CCCCCCCCCCNCCCCCCCCCC.CCCCCCCCCCNCCCCCCCCCC. The Morgan fingerprint density at radius 2 is 0.333 bits per heavy atom. The van der Waals surface area contributed by atoms with Crippen LogP contribution in [0.5, 0.6) is 0 Å². The van der Waals surface area contributed by atoms with Crippen LogP contribution >= 0.6 is 0 Å². The van der Waals surface area contributed by atoms with Gasteiger partial charge in [0.25, 0.3) is 0 Å². The molecule has 0 heterocycles. The van der Waals surface area contributed by atoms with E-state index in [1.54, 1.807) is 0 Å². The largest absolute Gasteiger partial charge is 0.317 e. The average molecular weight is 595 g/mol. The molecule has 0 atom stereocenters. The molecule has 2 nitrogen and oxygen atoms in total. The van der Waals surface area contributed by atoms with E-state index in [-0.39, 0.29) is 0 Å². The van der Waals surface area contributed by atoms with Gasteiger partial charge in [-0.25, -0.2) is 0 Å². The highest BCUT2D eigenvalue weighted by Crippen LogP contribution is 2.11. The van der Waals surface area contributed by atoms with Crippen molar-refractivity contribution in [2.75, 3.05) is 26.2 Å². The Morgan fingerprint density at radius 3 is 0.500 bits per heavy atom. The highest BCUT2D eigenvalue weighted by molar-refractivity contribution is 4.54. The number of hydrogen-bond donors (Lipinski definition) is 2. The van der Waals surface area contributed by atoms with Gasteiger partial charge < -0.3 is 10.6 Å². The van der Waals surface area contributed by atoms with Crippen molar-refractivity contribution in [2.24, 2.45) is 0 Å². The Labute approximate surface area is 269 Å². The van der Waals surface area contributed by atoms with E-state index in [4.69, 9.17) is 0 Å². The zero-order valence-corrected chi connectivity index (χ0v) is 30.5. The lowest BCUT2D eigenvalue weighted by Gasteiger charge is -2.05. The molecule has 0 rings (SSSR count). The predicted octanol–water partition coefficient (Wildman–Crippen LogP) is 13.7. The molecule has 0 saturated heterocycles. The Hall–Kier alpha value is -0.0800. The summed E-state index contributed by atoms with van der Waals surface area (Å²) >= 11 is 0. The van der Waals surface area contributed by atoms with Crippen LogP contribution in [0.2, 0.25) is 0 Å². The molecule has 0 fully saturated rings. The van der Waals surface area contributed by atoms with Gasteiger partial charge in [0.1, 0.15) is 0 Å². The van der Waals surface area contributed by atoms with Gasteiger partial charge in [0.05, 0.1) is 0 Å². The van der Waals surface area contributed by atoms with Crippen LogP contribution in [-0.2, 0) is 0 Å². The molecule has 0 aromatic rings. The van der Waals surface area contributed by atoms with Gasteiger partial charge in [0, 0.05) is 0 Å². The summed E-state index contributed by atoms with van der Waals surface area (Å²) in [5, 5.41) is 7.22. The smallest absolute Gasteiger partial charge is 0.00489 e. The first kappa shape index (κ1) is 44.0. The van der Waals surface area contributed by atoms with Crippen molar-refractivity contribution in [1.29, 1.82) is 0 Å². The Bertz CT molecular complexity index is 336. The van der Waals surface area contributed by atoms with E-state index in [0.717, 1.165) is 0 Å². The summed E-state index contributed by atoms with van der Waals surface area (Å²) in [5.74, 6) is 0. The average Bonchev–Trinajstić information content (AvgIpc) is 3.00. The molecule has 42 heavy (non-hydrogen) atoms. The second-order valence-electron chi connectivity index (χ2n) is 13.4. The summed E-state index contributed by atoms with van der Waals surface area (Å²) in [6.45, 7) is 14.1. The minimum absolute atomic E-state index is 1.24. The van der Waals surface area contributed by atoms with E-state index in [1.807, 2.05) is 0 Å². The van der Waals surface area contributed by atoms with Crippen LogP contribution in [-0.4, -0.2) is 26.2 Å². The maximum absolute atomic E-state index is 3.61. The maximum Gasteiger partial charge on any atom is -0.00489 e. The molecule has 0 bridgehead atoms. The van der Waals surface area contributed by atoms with Gasteiger partial charge in [-0.3, -0.25) is 0 Å². The molecule has 0 spiro atoms. The molecule has 0 aromatic heterocycles. The normalized spacial score (nSPS) is 11.1. The van der Waals surface area contributed by atoms with E-state index in [9.17, 15) is 0 Å². The quantitative estimate of drug-likeness (QED) is 0.0705. The third-order valence-electron chi connectivity index (χ3n) is 8.83. The first-order chi connectivity index (χ1) is 20.8. The summed E-state index contributed by atoms with van der Waals surface area (Å²) in [7, 11) is 0. The molecule has 0 aliphatic rings. The first-order valence-electron chi connectivity index (χ1n) is 20.2. The van der Waals surface area contributed by atoms with E-state index in [1.165, 1.54) is 232 Å². The summed E-state index contributed by atoms with van der Waals surface area (Å²) in [6, 6.07) is 0. The van der Waals surface area contributed by atoms with E-state index in [0.29, 0.717) is 0 Å². The standard InChI is InChI=1S/2C20H43N/c2*1-3-5-7-9-11-13-15-17-19-21-20-18-16-14-12-10-8-6-4-2/h2*21H,3-20H2,1-2H3. The van der Waals surface area contributed by atoms with Crippen molar-refractivity contribution in [3.63, 3.8) is 0 Å². The topological polar surface area (TPSA) is 24.1 Å². The van der Waals surface area contributed by atoms with Crippen LogP contribution in [0.1, 0.15) is 233 Å². The van der Waals surface area contributed by atoms with E-state index < -0.39 is 0 Å². The van der Waals surface area contributed by atoms with Gasteiger partial charge in [-0.1, -0.05) is 207 Å². The van der Waals surface area contributed by atoms with E-state index >= 15 is 0 Å². The third kappa shape index (κ3) is 46.9. The van der Waals surface area contributed by atoms with Crippen LogP contribution in [0, 0.1) is 0 Å². The number of hydrogen-bond acceptors (Lipinski definition) is 2. The van der Waals surface area contributed by atoms with Gasteiger partial charge in [0.2, 0.25) is 0 Å². The molecule has 2 N–H and O–H groups in total. The molecule has 0 aliphatic heterocycles. The fourth-order valence-corrected chi connectivity index (χ4v) is 5.79. The molecular formula is C40H86N2. The monoisotopic (exact) mass is 595 g/mol. The van der Waals surface area contributed by atoms with Crippen molar-refractivity contribution >= 4 is 0 Å². The lowest BCUT2D eigenvalue weighted by Crippen LogP contribution is -2.16. The zero-order chi connectivity index (χ0) is 30.9. The Morgan fingerprint density at radius 1 is 0.190 bits per heavy atom. The summed E-state index contributed by atoms with van der Waals surface area (Å²) in [4.78, 5) is 0. The number of nitrogens with one attached hydrogen (secondary N) is 2. The highest BCUT2D eigenvalue weighted by Gasteiger charge is 1.95. The summed E-state index contributed by atoms with van der Waals surface area (Å²) in [6.07, 6.45) is 45.7. The lowest BCUT2D eigenvalue weighted by molar-refractivity contribution is 0.532. The van der Waals surface area contributed by atoms with Gasteiger partial charge >= 0.3 is 0 Å². The van der Waals surface area contributed by atoms with Crippen molar-refractivity contribution in [3.05, 3.63) is 0 Å². The fourth-order valence-electron chi connectivity index (χ4n) is 5.79. The maximum atomic E-state index is 3.61. The van der Waals surface area contributed by atoms with Crippen LogP contribution in [0.4, 0.5) is 0 Å². The van der Waals surface area contributed by atoms with E-state index in [2.05, 4.69) is 38.3 Å². The fraction of sp³-hybridized carbons (Fsp3) is 1.00. The van der Waals surface area contributed by atoms with Gasteiger partial charge in [-0.2, -0.15) is 0 Å². The molecule has 0 aromatic carbocycles. The Balaban J connectivity index is 0.